The van der Waals surface area contributed by atoms with Gasteiger partial charge in [0.1, 0.15) is 17.3 Å². The van der Waals surface area contributed by atoms with E-state index in [4.69, 9.17) is 21.1 Å². The van der Waals surface area contributed by atoms with Gasteiger partial charge in [-0.2, -0.15) is 5.10 Å². The van der Waals surface area contributed by atoms with Crippen molar-refractivity contribution in [3.63, 3.8) is 0 Å². The zero-order valence-corrected chi connectivity index (χ0v) is 18.3. The molecule has 1 aliphatic rings. The van der Waals surface area contributed by atoms with Crippen LogP contribution in [0.3, 0.4) is 0 Å². The number of nitrogens with zero attached hydrogens (tertiary/aromatic N) is 3. The molecule has 2 aromatic heterocycles. The number of halogens is 2. The largest absolute Gasteiger partial charge is 0.454 e. The smallest absolute Gasteiger partial charge is 0.231 e. The lowest BCUT2D eigenvalue weighted by Crippen LogP contribution is -2.17. The van der Waals surface area contributed by atoms with E-state index in [0.29, 0.717) is 28.6 Å². The molecule has 33 heavy (non-hydrogen) atoms. The summed E-state index contributed by atoms with van der Waals surface area (Å²) in [5.41, 5.74) is 3.66. The average Bonchev–Trinajstić information content (AvgIpc) is 3.41. The second kappa shape index (κ2) is 8.55. The van der Waals surface area contributed by atoms with Crippen molar-refractivity contribution < 1.29 is 18.7 Å². The lowest BCUT2D eigenvalue weighted by molar-refractivity contribution is -0.115. The topological polar surface area (TPSA) is 78.3 Å². The van der Waals surface area contributed by atoms with Crippen LogP contribution in [0.1, 0.15) is 5.56 Å². The molecule has 1 N–H and O–H groups in total. The molecule has 4 aromatic rings. The van der Waals surface area contributed by atoms with Crippen molar-refractivity contribution in [1.82, 2.24) is 14.8 Å². The molecule has 0 unspecified atom stereocenters. The summed E-state index contributed by atoms with van der Waals surface area (Å²) >= 11 is 5.85. The van der Waals surface area contributed by atoms with Gasteiger partial charge in [-0.15, -0.1) is 0 Å². The number of benzene rings is 2. The number of aryl methyl sites for hydroxylation is 1. The second-order valence-electron chi connectivity index (χ2n) is 7.47. The van der Waals surface area contributed by atoms with Crippen LogP contribution in [0.15, 0.2) is 60.9 Å². The first kappa shape index (κ1) is 21.0. The molecule has 166 valence electrons. The second-order valence-corrected chi connectivity index (χ2v) is 7.88. The number of carbonyl (C=O) groups excluding carboxylic acids is 1. The maximum absolute atomic E-state index is 13.5. The summed E-state index contributed by atoms with van der Waals surface area (Å²) in [6, 6.07) is 13.5. The van der Waals surface area contributed by atoms with Crippen LogP contribution in [0.25, 0.3) is 22.4 Å². The van der Waals surface area contributed by atoms with Crippen molar-refractivity contribution in [3.05, 3.63) is 77.3 Å². The summed E-state index contributed by atoms with van der Waals surface area (Å²) < 4.78 is 26.0. The summed E-state index contributed by atoms with van der Waals surface area (Å²) in [5.74, 6) is 1.02. The Hall–Kier alpha value is -3.91. The maximum Gasteiger partial charge on any atom is 0.231 e. The molecule has 0 spiro atoms. The number of pyridine rings is 1. The molecule has 0 atom stereocenters. The van der Waals surface area contributed by atoms with Crippen molar-refractivity contribution in [1.29, 1.82) is 0 Å². The van der Waals surface area contributed by atoms with Crippen LogP contribution < -0.4 is 14.8 Å². The highest BCUT2D eigenvalue weighted by Gasteiger charge is 2.23. The third-order valence-electron chi connectivity index (χ3n) is 5.27. The SMILES string of the molecule is Cn1nc(-c2ccc3c(c2)OCO3)c(-c2ccncc2)c1NC(=O)Cc1ccc(F)c(Cl)c1. The van der Waals surface area contributed by atoms with E-state index in [1.807, 2.05) is 30.3 Å². The maximum atomic E-state index is 13.5. The molecule has 5 rings (SSSR count). The summed E-state index contributed by atoms with van der Waals surface area (Å²) in [4.78, 5) is 17.0. The van der Waals surface area contributed by atoms with Gasteiger partial charge in [0.2, 0.25) is 12.7 Å². The van der Waals surface area contributed by atoms with Crippen molar-refractivity contribution >= 4 is 23.3 Å². The normalized spacial score (nSPS) is 12.1. The number of amides is 1. The Kier molecular flexibility index (Phi) is 5.43. The van der Waals surface area contributed by atoms with Crippen LogP contribution in [0.5, 0.6) is 11.5 Å². The molecule has 0 bridgehead atoms. The van der Waals surface area contributed by atoms with Crippen molar-refractivity contribution in [3.8, 4) is 33.9 Å². The Balaban J connectivity index is 1.53. The molecule has 1 aliphatic heterocycles. The van der Waals surface area contributed by atoms with Crippen LogP contribution >= 0.6 is 11.6 Å². The summed E-state index contributed by atoms with van der Waals surface area (Å²) in [5, 5.41) is 7.61. The molecule has 2 aromatic carbocycles. The first-order valence-electron chi connectivity index (χ1n) is 10.1. The first-order valence-corrected chi connectivity index (χ1v) is 10.5. The lowest BCUT2D eigenvalue weighted by atomic mass is 10.0. The van der Waals surface area contributed by atoms with E-state index < -0.39 is 5.82 Å². The minimum atomic E-state index is -0.527. The van der Waals surface area contributed by atoms with Crippen LogP contribution in [0.2, 0.25) is 5.02 Å². The van der Waals surface area contributed by atoms with Gasteiger partial charge in [-0.25, -0.2) is 4.39 Å². The first-order chi connectivity index (χ1) is 16.0. The molecule has 0 fully saturated rings. The Bertz CT molecular complexity index is 1360. The molecular weight excluding hydrogens is 447 g/mol. The monoisotopic (exact) mass is 464 g/mol. The van der Waals surface area contributed by atoms with Crippen LogP contribution in [-0.4, -0.2) is 27.5 Å². The van der Waals surface area contributed by atoms with Gasteiger partial charge >= 0.3 is 0 Å². The lowest BCUT2D eigenvalue weighted by Gasteiger charge is -2.10. The van der Waals surface area contributed by atoms with Gasteiger partial charge in [0.05, 0.1) is 17.0 Å². The summed E-state index contributed by atoms with van der Waals surface area (Å²) in [6.45, 7) is 0.174. The third-order valence-corrected chi connectivity index (χ3v) is 5.56. The molecule has 0 radical (unpaired) electrons. The molecule has 7 nitrogen and oxygen atoms in total. The van der Waals surface area contributed by atoms with Crippen molar-refractivity contribution in [2.24, 2.45) is 7.05 Å². The number of anilines is 1. The highest BCUT2D eigenvalue weighted by molar-refractivity contribution is 6.30. The molecule has 0 saturated heterocycles. The Labute approximate surface area is 193 Å². The zero-order valence-electron chi connectivity index (χ0n) is 17.5. The standard InChI is InChI=1S/C24H18ClFN4O3/c1-30-24(28-21(31)11-14-2-4-18(26)17(25)10-14)22(15-6-8-27-9-7-15)23(29-30)16-3-5-19-20(12-16)33-13-32-19/h2-10,12H,11,13H2,1H3,(H,28,31). The highest BCUT2D eigenvalue weighted by Crippen LogP contribution is 2.41. The van der Waals surface area contributed by atoms with E-state index in [1.54, 1.807) is 24.1 Å². The fourth-order valence-corrected chi connectivity index (χ4v) is 3.92. The minimum absolute atomic E-state index is 0.0246. The predicted molar refractivity (Wildman–Crippen MR) is 122 cm³/mol. The van der Waals surface area contributed by atoms with Gasteiger partial charge in [0.25, 0.3) is 0 Å². The van der Waals surface area contributed by atoms with E-state index in [2.05, 4.69) is 15.4 Å². The average molecular weight is 465 g/mol. The van der Waals surface area contributed by atoms with E-state index in [-0.39, 0.29) is 24.1 Å². The number of hydrogen-bond donors (Lipinski definition) is 1. The number of fused-ring (bicyclic) bond motifs is 1. The minimum Gasteiger partial charge on any atom is -0.454 e. The fourth-order valence-electron chi connectivity index (χ4n) is 3.72. The van der Waals surface area contributed by atoms with Crippen molar-refractivity contribution in [2.45, 2.75) is 6.42 Å². The van der Waals surface area contributed by atoms with E-state index in [1.165, 1.54) is 18.2 Å². The van der Waals surface area contributed by atoms with Gasteiger partial charge in [0.15, 0.2) is 11.5 Å². The Morgan fingerprint density at radius 1 is 1.09 bits per heavy atom. The molecular formula is C24H18ClFN4O3. The molecule has 3 heterocycles. The Morgan fingerprint density at radius 3 is 2.67 bits per heavy atom. The van der Waals surface area contributed by atoms with Crippen LogP contribution in [-0.2, 0) is 18.3 Å². The quantitative estimate of drug-likeness (QED) is 0.456. The van der Waals surface area contributed by atoms with Gasteiger partial charge in [-0.1, -0.05) is 17.7 Å². The third kappa shape index (κ3) is 4.12. The fraction of sp³-hybridized carbons (Fsp3) is 0.125. The Morgan fingerprint density at radius 2 is 1.88 bits per heavy atom. The molecule has 0 saturated carbocycles. The number of carbonyl (C=O) groups is 1. The zero-order chi connectivity index (χ0) is 22.9. The van der Waals surface area contributed by atoms with Gasteiger partial charge in [-0.05, 0) is 53.6 Å². The van der Waals surface area contributed by atoms with Crippen molar-refractivity contribution in [2.75, 3.05) is 12.1 Å². The van der Waals surface area contributed by atoms with Crippen LogP contribution in [0.4, 0.5) is 10.2 Å². The van der Waals surface area contributed by atoms with E-state index in [0.717, 1.165) is 16.7 Å². The van der Waals surface area contributed by atoms with Gasteiger partial charge in [0, 0.05) is 25.0 Å². The van der Waals surface area contributed by atoms with Gasteiger partial charge in [-0.3, -0.25) is 14.5 Å². The molecule has 0 aliphatic carbocycles. The summed E-state index contributed by atoms with van der Waals surface area (Å²) in [7, 11) is 1.76. The highest BCUT2D eigenvalue weighted by atomic mass is 35.5. The predicted octanol–water partition coefficient (Wildman–Crippen LogP) is 4.85. The molecule has 1 amide bonds. The van der Waals surface area contributed by atoms with E-state index in [9.17, 15) is 9.18 Å². The number of aromatic nitrogens is 3. The van der Waals surface area contributed by atoms with E-state index >= 15 is 0 Å². The molecule has 9 heteroatoms. The van der Waals surface area contributed by atoms with Crippen LogP contribution in [0, 0.1) is 5.82 Å². The number of hydrogen-bond acceptors (Lipinski definition) is 5. The number of nitrogens with one attached hydrogen (secondary N) is 1. The summed E-state index contributed by atoms with van der Waals surface area (Å²) in [6.07, 6.45) is 3.38. The van der Waals surface area contributed by atoms with Gasteiger partial charge < -0.3 is 14.8 Å². The number of ether oxygens (including phenoxy) is 2. The number of rotatable bonds is 5.